The van der Waals surface area contributed by atoms with E-state index >= 15 is 0 Å². The maximum atomic E-state index is 10.9. The lowest BCUT2D eigenvalue weighted by Gasteiger charge is -2.13. The van der Waals surface area contributed by atoms with Crippen LogP contribution in [0.25, 0.3) is 0 Å². The van der Waals surface area contributed by atoms with Crippen molar-refractivity contribution in [2.45, 2.75) is 25.9 Å². The van der Waals surface area contributed by atoms with E-state index in [4.69, 9.17) is 11.6 Å². The fourth-order valence-corrected chi connectivity index (χ4v) is 2.30. The van der Waals surface area contributed by atoms with Crippen molar-refractivity contribution in [2.75, 3.05) is 12.0 Å². The molecular formula is C12H18ClNO2S. The smallest absolute Gasteiger partial charge is 0.120 e. The molecule has 0 saturated carbocycles. The summed E-state index contributed by atoms with van der Waals surface area (Å²) < 4.78 is 10.9. The topological polar surface area (TPSA) is 49.3 Å². The molecule has 1 aromatic carbocycles. The first-order chi connectivity index (χ1) is 7.99. The summed E-state index contributed by atoms with van der Waals surface area (Å²) in [5.41, 5.74) is 0.780. The van der Waals surface area contributed by atoms with Crippen molar-refractivity contribution in [3.05, 3.63) is 28.8 Å². The number of halogens is 1. The standard InChI is InChI=1S/C12H18ClNO2S/c1-9(5-6-17(2)16)14-8-10-7-11(13)3-4-12(10)15/h3-4,7,9,14-15H,5-6,8H2,1-2H3. The van der Waals surface area contributed by atoms with E-state index in [1.807, 2.05) is 6.92 Å². The molecule has 17 heavy (non-hydrogen) atoms. The first-order valence-electron chi connectivity index (χ1n) is 5.50. The van der Waals surface area contributed by atoms with Crippen LogP contribution >= 0.6 is 11.6 Å². The van der Waals surface area contributed by atoms with Gasteiger partial charge in [0.2, 0.25) is 0 Å². The van der Waals surface area contributed by atoms with Gasteiger partial charge in [-0.25, -0.2) is 0 Å². The highest BCUT2D eigenvalue weighted by molar-refractivity contribution is 7.84. The van der Waals surface area contributed by atoms with Crippen LogP contribution < -0.4 is 5.32 Å². The Bertz CT molecular complexity index is 398. The molecule has 0 radical (unpaired) electrons. The van der Waals surface area contributed by atoms with Crippen molar-refractivity contribution in [3.63, 3.8) is 0 Å². The molecule has 0 heterocycles. The van der Waals surface area contributed by atoms with E-state index in [1.165, 1.54) is 0 Å². The maximum absolute atomic E-state index is 10.9. The van der Waals surface area contributed by atoms with Gasteiger partial charge in [-0.2, -0.15) is 0 Å². The van der Waals surface area contributed by atoms with E-state index < -0.39 is 10.8 Å². The Morgan fingerprint density at radius 2 is 2.24 bits per heavy atom. The van der Waals surface area contributed by atoms with Crippen LogP contribution in [0.3, 0.4) is 0 Å². The van der Waals surface area contributed by atoms with Gasteiger partial charge in [-0.1, -0.05) is 11.6 Å². The average molecular weight is 276 g/mol. The van der Waals surface area contributed by atoms with Crippen LogP contribution in [-0.4, -0.2) is 27.4 Å². The number of nitrogens with one attached hydrogen (secondary N) is 1. The summed E-state index contributed by atoms with van der Waals surface area (Å²) in [5.74, 6) is 0.934. The molecule has 0 aliphatic heterocycles. The second kappa shape index (κ2) is 6.99. The summed E-state index contributed by atoms with van der Waals surface area (Å²) in [6, 6.07) is 5.25. The summed E-state index contributed by atoms with van der Waals surface area (Å²) in [6.07, 6.45) is 2.56. The van der Waals surface area contributed by atoms with Crippen LogP contribution in [0.15, 0.2) is 18.2 Å². The van der Waals surface area contributed by atoms with Crippen LogP contribution in [0.2, 0.25) is 5.02 Å². The van der Waals surface area contributed by atoms with Crippen LogP contribution in [0.4, 0.5) is 0 Å². The van der Waals surface area contributed by atoms with Crippen molar-refractivity contribution >= 4 is 22.4 Å². The Balaban J connectivity index is 2.44. The second-order valence-corrected chi connectivity index (χ2v) is 6.11. The second-order valence-electron chi connectivity index (χ2n) is 4.12. The minimum Gasteiger partial charge on any atom is -0.508 e. The van der Waals surface area contributed by atoms with Gasteiger partial charge in [-0.3, -0.25) is 4.21 Å². The third-order valence-corrected chi connectivity index (χ3v) is 3.57. The van der Waals surface area contributed by atoms with Crippen LogP contribution in [0.1, 0.15) is 18.9 Å². The molecule has 0 spiro atoms. The van der Waals surface area contributed by atoms with Gasteiger partial charge < -0.3 is 10.4 Å². The molecule has 96 valence electrons. The van der Waals surface area contributed by atoms with Crippen molar-refractivity contribution in [2.24, 2.45) is 0 Å². The predicted octanol–water partition coefficient (Wildman–Crippen LogP) is 2.29. The largest absolute Gasteiger partial charge is 0.508 e. The molecule has 5 heteroatoms. The molecule has 3 nitrogen and oxygen atoms in total. The number of hydrogen-bond donors (Lipinski definition) is 2. The van der Waals surface area contributed by atoms with Gasteiger partial charge in [0.15, 0.2) is 0 Å². The zero-order valence-electron chi connectivity index (χ0n) is 10.1. The van der Waals surface area contributed by atoms with Gasteiger partial charge in [0, 0.05) is 46.0 Å². The van der Waals surface area contributed by atoms with E-state index in [2.05, 4.69) is 5.32 Å². The van der Waals surface area contributed by atoms with Gasteiger partial charge in [-0.15, -0.1) is 0 Å². The summed E-state index contributed by atoms with van der Waals surface area (Å²) in [5, 5.41) is 13.5. The molecule has 0 aliphatic rings. The summed E-state index contributed by atoms with van der Waals surface area (Å²) in [4.78, 5) is 0. The van der Waals surface area contributed by atoms with Crippen molar-refractivity contribution in [1.82, 2.24) is 5.32 Å². The predicted molar refractivity (Wildman–Crippen MR) is 73.0 cm³/mol. The van der Waals surface area contributed by atoms with Gasteiger partial charge in [0.1, 0.15) is 5.75 Å². The highest BCUT2D eigenvalue weighted by atomic mass is 35.5. The van der Waals surface area contributed by atoms with E-state index in [9.17, 15) is 9.32 Å². The summed E-state index contributed by atoms with van der Waals surface area (Å²) >= 11 is 5.86. The molecule has 0 bridgehead atoms. The first-order valence-corrected chi connectivity index (χ1v) is 7.60. The molecule has 0 aromatic heterocycles. The molecule has 2 atom stereocenters. The lowest BCUT2D eigenvalue weighted by atomic mass is 10.2. The SMILES string of the molecule is CC(CCS(C)=O)NCc1cc(Cl)ccc1O. The molecule has 2 N–H and O–H groups in total. The van der Waals surface area contributed by atoms with Gasteiger partial charge in [0.25, 0.3) is 0 Å². The Kier molecular flexibility index (Phi) is 5.95. The lowest BCUT2D eigenvalue weighted by molar-refractivity contribution is 0.457. The fourth-order valence-electron chi connectivity index (χ4n) is 1.42. The number of phenols is 1. The monoisotopic (exact) mass is 275 g/mol. The molecule has 0 amide bonds. The van der Waals surface area contributed by atoms with Crippen molar-refractivity contribution < 1.29 is 9.32 Å². The normalized spacial score (nSPS) is 14.5. The molecular weight excluding hydrogens is 258 g/mol. The van der Waals surface area contributed by atoms with E-state index in [0.29, 0.717) is 17.3 Å². The minimum atomic E-state index is -0.753. The quantitative estimate of drug-likeness (QED) is 0.838. The van der Waals surface area contributed by atoms with Crippen LogP contribution in [0.5, 0.6) is 5.75 Å². The maximum Gasteiger partial charge on any atom is 0.120 e. The number of benzene rings is 1. The van der Waals surface area contributed by atoms with Crippen LogP contribution in [-0.2, 0) is 17.3 Å². The molecule has 0 fully saturated rings. The van der Waals surface area contributed by atoms with Crippen LogP contribution in [0, 0.1) is 0 Å². The van der Waals surface area contributed by atoms with Gasteiger partial charge in [-0.05, 0) is 31.5 Å². The van der Waals surface area contributed by atoms with Gasteiger partial charge in [0.05, 0.1) is 0 Å². The Morgan fingerprint density at radius 3 is 2.88 bits per heavy atom. The number of hydrogen-bond acceptors (Lipinski definition) is 3. The fraction of sp³-hybridized carbons (Fsp3) is 0.500. The highest BCUT2D eigenvalue weighted by Crippen LogP contribution is 2.21. The van der Waals surface area contributed by atoms with E-state index in [-0.39, 0.29) is 11.8 Å². The number of phenolic OH excluding ortho intramolecular Hbond substituents is 1. The lowest BCUT2D eigenvalue weighted by Crippen LogP contribution is -2.27. The molecule has 0 aliphatic carbocycles. The highest BCUT2D eigenvalue weighted by Gasteiger charge is 2.06. The van der Waals surface area contributed by atoms with Gasteiger partial charge >= 0.3 is 0 Å². The molecule has 0 saturated heterocycles. The zero-order valence-corrected chi connectivity index (χ0v) is 11.6. The van der Waals surface area contributed by atoms with E-state index in [1.54, 1.807) is 24.5 Å². The molecule has 2 unspecified atom stereocenters. The number of aromatic hydroxyl groups is 1. The zero-order chi connectivity index (χ0) is 12.8. The van der Waals surface area contributed by atoms with Crippen molar-refractivity contribution in [3.8, 4) is 5.75 Å². The average Bonchev–Trinajstić information content (AvgIpc) is 2.27. The Labute approximate surface area is 110 Å². The van der Waals surface area contributed by atoms with E-state index in [0.717, 1.165) is 12.0 Å². The van der Waals surface area contributed by atoms with Crippen molar-refractivity contribution in [1.29, 1.82) is 0 Å². The third-order valence-electron chi connectivity index (χ3n) is 2.52. The Morgan fingerprint density at radius 1 is 1.53 bits per heavy atom. The minimum absolute atomic E-state index is 0.244. The third kappa shape index (κ3) is 5.52. The first kappa shape index (κ1) is 14.5. The molecule has 1 aromatic rings. The Hall–Kier alpha value is -0.580. The number of rotatable bonds is 6. The molecule has 1 rings (SSSR count). The summed E-state index contributed by atoms with van der Waals surface area (Å²) in [6.45, 7) is 2.60. The summed E-state index contributed by atoms with van der Waals surface area (Å²) in [7, 11) is -0.753.